The Morgan fingerprint density at radius 3 is 2.81 bits per heavy atom. The molecule has 2 aromatic carbocycles. The lowest BCUT2D eigenvalue weighted by Gasteiger charge is -2.64. The summed E-state index contributed by atoms with van der Waals surface area (Å²) >= 11 is 0. The van der Waals surface area contributed by atoms with E-state index in [2.05, 4.69) is 0 Å². The molecule has 2 fully saturated rings. The molecule has 1 spiro atoms. The molecule has 9 nitrogen and oxygen atoms in total. The Bertz CT molecular complexity index is 1710. The molecule has 1 N–H and O–H groups in total. The summed E-state index contributed by atoms with van der Waals surface area (Å²) in [7, 11) is -0.848. The topological polar surface area (TPSA) is 110 Å². The van der Waals surface area contributed by atoms with Gasteiger partial charge >= 0.3 is 0 Å². The summed E-state index contributed by atoms with van der Waals surface area (Å²) in [5.74, 6) is 0.197. The van der Waals surface area contributed by atoms with Crippen LogP contribution in [-0.4, -0.2) is 73.1 Å². The molecule has 1 aromatic heterocycles. The van der Waals surface area contributed by atoms with Gasteiger partial charge in [-0.1, -0.05) is 12.1 Å². The third-order valence-electron chi connectivity index (χ3n) is 9.80. The maximum Gasteiger partial charge on any atom is 0.246 e. The summed E-state index contributed by atoms with van der Waals surface area (Å²) in [5, 5.41) is 12.7. The summed E-state index contributed by atoms with van der Waals surface area (Å²) in [6, 6.07) is 9.21. The van der Waals surface area contributed by atoms with Gasteiger partial charge in [0.25, 0.3) is 0 Å². The number of hydrogen-bond acceptors (Lipinski definition) is 7. The molecule has 4 aliphatic rings. The van der Waals surface area contributed by atoms with Crippen LogP contribution >= 0.6 is 0 Å². The Kier molecular flexibility index (Phi) is 6.09. The van der Waals surface area contributed by atoms with Crippen LogP contribution in [-0.2, 0) is 26.7 Å². The lowest BCUT2D eigenvalue weighted by Crippen LogP contribution is -2.78. The number of ether oxygens (including phenoxy) is 2. The van der Waals surface area contributed by atoms with Crippen molar-refractivity contribution >= 4 is 22.0 Å². The molecule has 2 bridgehead atoms. The van der Waals surface area contributed by atoms with E-state index in [0.29, 0.717) is 17.9 Å². The Labute approximate surface area is 243 Å². The molecule has 220 valence electrons. The molecule has 3 heterocycles. The number of nitrogens with zero attached hydrogens (tertiary/aromatic N) is 2. The lowest BCUT2D eigenvalue weighted by molar-refractivity contribution is -0.186. The Hall–Kier alpha value is -3.67. The van der Waals surface area contributed by atoms with Crippen molar-refractivity contribution in [3.8, 4) is 11.5 Å². The fourth-order valence-electron chi connectivity index (χ4n) is 7.90. The van der Waals surface area contributed by atoms with Gasteiger partial charge in [0.1, 0.15) is 11.9 Å². The Morgan fingerprint density at radius 2 is 2.07 bits per heavy atom. The first kappa shape index (κ1) is 27.2. The number of sulfonamides is 1. The summed E-state index contributed by atoms with van der Waals surface area (Å²) in [6.45, 7) is 0.104. The van der Waals surface area contributed by atoms with Crippen LogP contribution in [0.4, 0.5) is 4.39 Å². The number of benzene rings is 2. The van der Waals surface area contributed by atoms with Crippen LogP contribution in [0.3, 0.4) is 0 Å². The van der Waals surface area contributed by atoms with Crippen molar-refractivity contribution in [2.24, 2.45) is 0 Å². The molecule has 3 aromatic rings. The monoisotopic (exact) mass is 594 g/mol. The summed E-state index contributed by atoms with van der Waals surface area (Å²) in [6.07, 6.45) is 6.76. The van der Waals surface area contributed by atoms with E-state index in [1.165, 1.54) is 34.8 Å². The van der Waals surface area contributed by atoms with Crippen LogP contribution < -0.4 is 9.47 Å². The van der Waals surface area contributed by atoms with Gasteiger partial charge in [0.05, 0.1) is 47.6 Å². The molecular weight excluding hydrogens is 563 g/mol. The van der Waals surface area contributed by atoms with Crippen LogP contribution in [0.2, 0.25) is 0 Å². The second-order valence-electron chi connectivity index (χ2n) is 11.6. The van der Waals surface area contributed by atoms with Crippen molar-refractivity contribution in [1.29, 1.82) is 0 Å². The highest BCUT2D eigenvalue weighted by molar-refractivity contribution is 7.89. The van der Waals surface area contributed by atoms with Crippen molar-refractivity contribution in [2.75, 3.05) is 20.7 Å². The summed E-state index contributed by atoms with van der Waals surface area (Å²) < 4.78 is 60.7. The van der Waals surface area contributed by atoms with Crippen molar-refractivity contribution in [1.82, 2.24) is 9.21 Å². The van der Waals surface area contributed by atoms with Gasteiger partial charge in [0, 0.05) is 30.8 Å². The van der Waals surface area contributed by atoms with E-state index < -0.39 is 45.0 Å². The highest BCUT2D eigenvalue weighted by atomic mass is 32.2. The molecule has 42 heavy (non-hydrogen) atoms. The minimum absolute atomic E-state index is 0.104. The van der Waals surface area contributed by atoms with Crippen LogP contribution in [0.15, 0.2) is 70.4 Å². The maximum absolute atomic E-state index is 14.1. The second kappa shape index (κ2) is 9.42. The van der Waals surface area contributed by atoms with Gasteiger partial charge in [-0.2, -0.15) is 4.31 Å². The molecule has 2 aliphatic heterocycles. The molecule has 1 saturated heterocycles. The number of methoxy groups -OCH3 is 1. The number of amides is 1. The lowest BCUT2D eigenvalue weighted by atomic mass is 9.48. The number of carbonyl (C=O) groups excluding carboxylic acids is 1. The number of aliphatic hydroxyl groups is 1. The third kappa shape index (κ3) is 3.59. The number of piperidine rings is 1. The largest absolute Gasteiger partial charge is 0.493 e. The van der Waals surface area contributed by atoms with Crippen molar-refractivity contribution < 1.29 is 36.6 Å². The normalized spacial score (nSPS) is 29.7. The molecule has 11 heteroatoms. The number of hydrogen-bond donors (Lipinski definition) is 1. The zero-order chi connectivity index (χ0) is 29.4. The molecule has 1 saturated carbocycles. The van der Waals surface area contributed by atoms with E-state index in [9.17, 15) is 22.7 Å². The van der Waals surface area contributed by atoms with Crippen molar-refractivity contribution in [2.45, 2.75) is 59.8 Å². The molecule has 0 unspecified atom stereocenters. The molecule has 7 rings (SSSR count). The van der Waals surface area contributed by atoms with Crippen LogP contribution in [0, 0.1) is 5.82 Å². The average molecular weight is 595 g/mol. The summed E-state index contributed by atoms with van der Waals surface area (Å²) in [4.78, 5) is 14.8. The second-order valence-corrected chi connectivity index (χ2v) is 13.4. The molecule has 0 radical (unpaired) electrons. The van der Waals surface area contributed by atoms with E-state index in [0.717, 1.165) is 22.8 Å². The predicted octanol–water partition coefficient (Wildman–Crippen LogP) is 3.51. The average Bonchev–Trinajstić information content (AvgIpc) is 3.61. The highest BCUT2D eigenvalue weighted by Crippen LogP contribution is 2.66. The first-order valence-corrected chi connectivity index (χ1v) is 15.4. The van der Waals surface area contributed by atoms with E-state index in [4.69, 9.17) is 13.9 Å². The number of halogens is 1. The van der Waals surface area contributed by atoms with Crippen LogP contribution in [0.1, 0.15) is 36.0 Å². The van der Waals surface area contributed by atoms with Crippen LogP contribution in [0.25, 0.3) is 6.08 Å². The Morgan fingerprint density at radius 1 is 1.24 bits per heavy atom. The highest BCUT2D eigenvalue weighted by Gasteiger charge is 2.74. The van der Waals surface area contributed by atoms with Gasteiger partial charge in [-0.15, -0.1) is 0 Å². The molecule has 5 atom stereocenters. The van der Waals surface area contributed by atoms with Crippen molar-refractivity contribution in [3.05, 3.63) is 83.6 Å². The van der Waals surface area contributed by atoms with Gasteiger partial charge in [-0.05, 0) is 67.7 Å². The minimum Gasteiger partial charge on any atom is -0.493 e. The standard InChI is InChI=1S/C31H31FN2O7S/c1-33(26(35)9-6-19-11-15-40-18-19)23-10-12-31(36)25-16-20-7-8-24(39-2)28-27(20)30(31,29(23)41-28)13-14-34(25)42(37,38)22-5-3-4-21(32)17-22/h3-9,11,15,17-18,23,25,29,36H,10,12-14,16H2,1-2H3/b9-6+/t23-,25-,29+,30+,31-/m1/s1. The molecular formula is C31H31FN2O7S. The van der Waals surface area contributed by atoms with Gasteiger partial charge in [-0.25, -0.2) is 12.8 Å². The van der Waals surface area contributed by atoms with E-state index in [1.54, 1.807) is 43.5 Å². The summed E-state index contributed by atoms with van der Waals surface area (Å²) in [5.41, 5.74) is 0.00158. The molecule has 1 amide bonds. The fraction of sp³-hybridized carbons (Fsp3) is 0.387. The first-order chi connectivity index (χ1) is 20.1. The van der Waals surface area contributed by atoms with E-state index >= 15 is 0 Å². The zero-order valence-electron chi connectivity index (χ0n) is 23.2. The quantitative estimate of drug-likeness (QED) is 0.435. The number of likely N-dealkylation sites (N-methyl/N-ethyl adjacent to an activating group) is 1. The van der Waals surface area contributed by atoms with E-state index in [-0.39, 0.29) is 36.6 Å². The number of carbonyl (C=O) groups is 1. The van der Waals surface area contributed by atoms with Gasteiger partial charge in [0.15, 0.2) is 11.5 Å². The van der Waals surface area contributed by atoms with Crippen molar-refractivity contribution in [3.63, 3.8) is 0 Å². The zero-order valence-corrected chi connectivity index (χ0v) is 24.0. The van der Waals surface area contributed by atoms with E-state index in [1.807, 2.05) is 6.07 Å². The number of rotatable bonds is 6. The van der Waals surface area contributed by atoms with Gasteiger partial charge in [0.2, 0.25) is 15.9 Å². The van der Waals surface area contributed by atoms with Crippen LogP contribution in [0.5, 0.6) is 11.5 Å². The first-order valence-electron chi connectivity index (χ1n) is 14.0. The number of furan rings is 1. The third-order valence-corrected chi connectivity index (χ3v) is 11.7. The minimum atomic E-state index is -4.13. The molecule has 2 aliphatic carbocycles. The Balaban J connectivity index is 1.32. The van der Waals surface area contributed by atoms with Gasteiger partial charge in [-0.3, -0.25) is 4.79 Å². The predicted molar refractivity (Wildman–Crippen MR) is 150 cm³/mol. The SMILES string of the molecule is COc1ccc2c3c1O[C@H]1[C@H](N(C)C(=O)/C=C/c4ccoc4)CC[C@@]4(O)[C@@H](C2)N(S(=O)(=O)c2cccc(F)c2)CC[C@]314. The smallest absolute Gasteiger partial charge is 0.246 e. The fourth-order valence-corrected chi connectivity index (χ4v) is 9.59. The van der Waals surface area contributed by atoms with Gasteiger partial charge < -0.3 is 23.9 Å². The maximum atomic E-state index is 14.1.